The maximum absolute atomic E-state index is 10.9. The Hall–Kier alpha value is -1.02. The second kappa shape index (κ2) is 5.09. The highest BCUT2D eigenvalue weighted by Gasteiger charge is 2.39. The lowest BCUT2D eigenvalue weighted by Crippen LogP contribution is -2.37. The quantitative estimate of drug-likeness (QED) is 0.867. The summed E-state index contributed by atoms with van der Waals surface area (Å²) in [6, 6.07) is 7.89. The van der Waals surface area contributed by atoms with Crippen LogP contribution in [0.2, 0.25) is 0 Å². The molecule has 0 bridgehead atoms. The fourth-order valence-corrected chi connectivity index (χ4v) is 3.03. The highest BCUT2D eigenvalue weighted by Crippen LogP contribution is 2.43. The smallest absolute Gasteiger partial charge is 0.118 e. The van der Waals surface area contributed by atoms with Gasteiger partial charge in [-0.1, -0.05) is 38.3 Å². The number of aliphatic hydroxyl groups is 1. The molecule has 1 fully saturated rings. The summed E-state index contributed by atoms with van der Waals surface area (Å²) in [7, 11) is 1.67. The summed E-state index contributed by atoms with van der Waals surface area (Å²) in [5, 5.41) is 10.9. The van der Waals surface area contributed by atoms with Crippen molar-refractivity contribution in [1.82, 2.24) is 0 Å². The van der Waals surface area contributed by atoms with E-state index in [0.29, 0.717) is 5.92 Å². The minimum absolute atomic E-state index is 0.393. The van der Waals surface area contributed by atoms with Crippen molar-refractivity contribution in [2.24, 2.45) is 5.92 Å². The first-order valence-electron chi connectivity index (χ1n) is 6.57. The fourth-order valence-electron chi connectivity index (χ4n) is 3.03. The van der Waals surface area contributed by atoms with Gasteiger partial charge in [0.05, 0.1) is 12.7 Å². The van der Waals surface area contributed by atoms with Crippen LogP contribution in [0, 0.1) is 5.92 Å². The Morgan fingerprint density at radius 1 is 1.29 bits per heavy atom. The van der Waals surface area contributed by atoms with E-state index in [4.69, 9.17) is 4.74 Å². The van der Waals surface area contributed by atoms with Gasteiger partial charge in [0.25, 0.3) is 0 Å². The minimum Gasteiger partial charge on any atom is -0.497 e. The molecule has 94 valence electrons. The highest BCUT2D eigenvalue weighted by atomic mass is 16.5. The lowest BCUT2D eigenvalue weighted by atomic mass is 9.70. The van der Waals surface area contributed by atoms with E-state index in [2.05, 4.69) is 6.92 Å². The largest absolute Gasteiger partial charge is 0.497 e. The average Bonchev–Trinajstić information content (AvgIpc) is 2.39. The van der Waals surface area contributed by atoms with Crippen molar-refractivity contribution < 1.29 is 9.84 Å². The molecule has 0 saturated heterocycles. The molecule has 1 aromatic carbocycles. The summed E-state index contributed by atoms with van der Waals surface area (Å²) in [6.07, 6.45) is 5.44. The Balaban J connectivity index is 2.27. The summed E-state index contributed by atoms with van der Waals surface area (Å²) in [5.41, 5.74) is 0.420. The van der Waals surface area contributed by atoms with Crippen molar-refractivity contribution >= 4 is 0 Å². The summed E-state index contributed by atoms with van der Waals surface area (Å²) >= 11 is 0. The van der Waals surface area contributed by atoms with Gasteiger partial charge >= 0.3 is 0 Å². The molecule has 1 aliphatic rings. The van der Waals surface area contributed by atoms with E-state index in [9.17, 15) is 5.11 Å². The zero-order chi connectivity index (χ0) is 12.3. The zero-order valence-corrected chi connectivity index (χ0v) is 10.8. The SMILES string of the molecule is CCC1CCCCC1(O)c1ccc(OC)cc1. The van der Waals surface area contributed by atoms with Gasteiger partial charge < -0.3 is 9.84 Å². The van der Waals surface area contributed by atoms with Crippen LogP contribution in [0.3, 0.4) is 0 Å². The minimum atomic E-state index is -0.626. The van der Waals surface area contributed by atoms with Crippen molar-refractivity contribution in [3.63, 3.8) is 0 Å². The average molecular weight is 234 g/mol. The Labute approximate surface area is 104 Å². The monoisotopic (exact) mass is 234 g/mol. The van der Waals surface area contributed by atoms with Gasteiger partial charge in [-0.15, -0.1) is 0 Å². The normalized spacial score (nSPS) is 29.0. The molecule has 0 aliphatic heterocycles. The lowest BCUT2D eigenvalue weighted by Gasteiger charge is -2.40. The maximum Gasteiger partial charge on any atom is 0.118 e. The van der Waals surface area contributed by atoms with Crippen molar-refractivity contribution in [3.8, 4) is 5.75 Å². The lowest BCUT2D eigenvalue weighted by molar-refractivity contribution is -0.0557. The first-order valence-corrected chi connectivity index (χ1v) is 6.57. The van der Waals surface area contributed by atoms with Crippen LogP contribution in [0.4, 0.5) is 0 Å². The van der Waals surface area contributed by atoms with Crippen molar-refractivity contribution in [2.75, 3.05) is 7.11 Å². The predicted octanol–water partition coefficient (Wildman–Crippen LogP) is 3.48. The van der Waals surface area contributed by atoms with Crippen LogP contribution in [0.1, 0.15) is 44.6 Å². The number of hydrogen-bond acceptors (Lipinski definition) is 2. The third-order valence-electron chi connectivity index (χ3n) is 4.12. The van der Waals surface area contributed by atoms with E-state index in [1.807, 2.05) is 24.3 Å². The van der Waals surface area contributed by atoms with Crippen LogP contribution in [-0.4, -0.2) is 12.2 Å². The van der Waals surface area contributed by atoms with Gasteiger partial charge in [0.1, 0.15) is 5.75 Å². The Morgan fingerprint density at radius 2 is 2.00 bits per heavy atom. The molecular formula is C15H22O2. The molecule has 1 N–H and O–H groups in total. The molecule has 0 heterocycles. The van der Waals surface area contributed by atoms with Gasteiger partial charge in [0.15, 0.2) is 0 Å². The third-order valence-corrected chi connectivity index (χ3v) is 4.12. The summed E-state index contributed by atoms with van der Waals surface area (Å²) in [6.45, 7) is 2.17. The Bertz CT molecular complexity index is 358. The molecular weight excluding hydrogens is 212 g/mol. The second-order valence-corrected chi connectivity index (χ2v) is 5.00. The molecule has 0 radical (unpaired) electrons. The molecule has 1 saturated carbocycles. The standard InChI is InChI=1S/C15H22O2/c1-3-12-6-4-5-11-15(12,16)13-7-9-14(17-2)10-8-13/h7-10,12,16H,3-6,11H2,1-2H3. The van der Waals surface area contributed by atoms with Crippen LogP contribution < -0.4 is 4.74 Å². The topological polar surface area (TPSA) is 29.5 Å². The number of ether oxygens (including phenoxy) is 1. The summed E-state index contributed by atoms with van der Waals surface area (Å²) in [4.78, 5) is 0. The molecule has 1 aliphatic carbocycles. The number of hydrogen-bond donors (Lipinski definition) is 1. The molecule has 2 unspecified atom stereocenters. The van der Waals surface area contributed by atoms with Gasteiger partial charge in [0.2, 0.25) is 0 Å². The molecule has 0 aromatic heterocycles. The molecule has 2 heteroatoms. The molecule has 2 nitrogen and oxygen atoms in total. The zero-order valence-electron chi connectivity index (χ0n) is 10.8. The Kier molecular flexibility index (Phi) is 3.72. The summed E-state index contributed by atoms with van der Waals surface area (Å²) in [5.74, 6) is 1.24. The van der Waals surface area contributed by atoms with E-state index in [1.54, 1.807) is 7.11 Å². The molecule has 0 spiro atoms. The number of benzene rings is 1. The first kappa shape index (κ1) is 12.4. The van der Waals surface area contributed by atoms with Gasteiger partial charge in [-0.05, 0) is 36.5 Å². The fraction of sp³-hybridized carbons (Fsp3) is 0.600. The van der Waals surface area contributed by atoms with E-state index in [0.717, 1.165) is 37.0 Å². The first-order chi connectivity index (χ1) is 8.20. The van der Waals surface area contributed by atoms with Crippen LogP contribution in [0.15, 0.2) is 24.3 Å². The Morgan fingerprint density at radius 3 is 2.59 bits per heavy atom. The van der Waals surface area contributed by atoms with E-state index in [-0.39, 0.29) is 0 Å². The van der Waals surface area contributed by atoms with E-state index in [1.165, 1.54) is 6.42 Å². The van der Waals surface area contributed by atoms with Crippen LogP contribution >= 0.6 is 0 Å². The molecule has 0 amide bonds. The predicted molar refractivity (Wildman–Crippen MR) is 69.1 cm³/mol. The molecule has 1 aromatic rings. The van der Waals surface area contributed by atoms with Crippen LogP contribution in [-0.2, 0) is 5.60 Å². The van der Waals surface area contributed by atoms with Gasteiger partial charge in [-0.25, -0.2) is 0 Å². The highest BCUT2D eigenvalue weighted by molar-refractivity contribution is 5.31. The molecule has 2 atom stereocenters. The van der Waals surface area contributed by atoms with Gasteiger partial charge in [0, 0.05) is 0 Å². The van der Waals surface area contributed by atoms with E-state index >= 15 is 0 Å². The van der Waals surface area contributed by atoms with Gasteiger partial charge in [-0.2, -0.15) is 0 Å². The third kappa shape index (κ3) is 2.32. The molecule has 2 rings (SSSR count). The van der Waals surface area contributed by atoms with Crippen molar-refractivity contribution in [1.29, 1.82) is 0 Å². The van der Waals surface area contributed by atoms with Crippen molar-refractivity contribution in [2.45, 2.75) is 44.6 Å². The summed E-state index contributed by atoms with van der Waals surface area (Å²) < 4.78 is 5.16. The van der Waals surface area contributed by atoms with Crippen molar-refractivity contribution in [3.05, 3.63) is 29.8 Å². The van der Waals surface area contributed by atoms with E-state index < -0.39 is 5.60 Å². The number of methoxy groups -OCH3 is 1. The van der Waals surface area contributed by atoms with Crippen LogP contribution in [0.25, 0.3) is 0 Å². The number of rotatable bonds is 3. The van der Waals surface area contributed by atoms with Gasteiger partial charge in [-0.3, -0.25) is 0 Å². The van der Waals surface area contributed by atoms with Crippen LogP contribution in [0.5, 0.6) is 5.75 Å². The second-order valence-electron chi connectivity index (χ2n) is 5.00. The maximum atomic E-state index is 10.9. The molecule has 17 heavy (non-hydrogen) atoms.